The third-order valence-corrected chi connectivity index (χ3v) is 5.49. The van der Waals surface area contributed by atoms with Crippen molar-refractivity contribution in [1.29, 1.82) is 0 Å². The van der Waals surface area contributed by atoms with Crippen LogP contribution in [0.4, 0.5) is 0 Å². The minimum absolute atomic E-state index is 0.117. The van der Waals surface area contributed by atoms with Crippen LogP contribution in [0.15, 0.2) is 71.5 Å². The second kappa shape index (κ2) is 9.56. The molecule has 158 valence electrons. The monoisotopic (exact) mass is 414 g/mol. The fourth-order valence-corrected chi connectivity index (χ4v) is 3.82. The topological polar surface area (TPSA) is 61.2 Å². The Morgan fingerprint density at radius 1 is 1.00 bits per heavy atom. The summed E-state index contributed by atoms with van der Waals surface area (Å²) in [5, 5.41) is 2.19. The van der Waals surface area contributed by atoms with Crippen molar-refractivity contribution in [2.24, 2.45) is 0 Å². The van der Waals surface area contributed by atoms with E-state index in [0.717, 1.165) is 40.2 Å². The number of aromatic nitrogens is 2. The van der Waals surface area contributed by atoms with E-state index in [0.29, 0.717) is 12.2 Å². The lowest BCUT2D eigenvalue weighted by molar-refractivity contribution is -0.144. The van der Waals surface area contributed by atoms with Gasteiger partial charge < -0.3 is 9.30 Å². The van der Waals surface area contributed by atoms with Gasteiger partial charge in [-0.25, -0.2) is 4.98 Å². The molecule has 0 bridgehead atoms. The Hall–Kier alpha value is -3.47. The zero-order chi connectivity index (χ0) is 21.6. The van der Waals surface area contributed by atoms with Crippen LogP contribution in [0.25, 0.3) is 21.8 Å². The lowest BCUT2D eigenvalue weighted by atomic mass is 10.1. The molecule has 0 amide bonds. The van der Waals surface area contributed by atoms with Crippen molar-refractivity contribution < 1.29 is 9.53 Å². The summed E-state index contributed by atoms with van der Waals surface area (Å²) in [7, 11) is 0. The SMILES string of the molecule is CCCCn1c(=O)c(CCC(=O)OCc2cccc3ccccc23)nc2ccccc21. The van der Waals surface area contributed by atoms with Crippen LogP contribution in [0.1, 0.15) is 37.4 Å². The molecule has 0 N–H and O–H groups in total. The van der Waals surface area contributed by atoms with Gasteiger partial charge >= 0.3 is 5.97 Å². The van der Waals surface area contributed by atoms with Gasteiger partial charge in [0.2, 0.25) is 0 Å². The van der Waals surface area contributed by atoms with E-state index in [2.05, 4.69) is 11.9 Å². The van der Waals surface area contributed by atoms with E-state index in [4.69, 9.17) is 4.74 Å². The van der Waals surface area contributed by atoms with Crippen LogP contribution in [0, 0.1) is 0 Å². The maximum Gasteiger partial charge on any atom is 0.306 e. The lowest BCUT2D eigenvalue weighted by Gasteiger charge is -2.12. The fraction of sp³-hybridized carbons (Fsp3) is 0.269. The Morgan fingerprint density at radius 3 is 2.65 bits per heavy atom. The molecular formula is C26H26N2O3. The molecule has 0 aliphatic carbocycles. The number of unbranched alkanes of at least 4 members (excludes halogenated alkanes) is 1. The number of aryl methyl sites for hydroxylation is 2. The van der Waals surface area contributed by atoms with Crippen LogP contribution >= 0.6 is 0 Å². The predicted molar refractivity (Wildman–Crippen MR) is 123 cm³/mol. The standard InChI is InChI=1S/C26H26N2O3/c1-2-3-17-28-24-14-7-6-13-22(24)27-23(26(28)30)15-16-25(29)31-18-20-11-8-10-19-9-4-5-12-21(19)20/h4-14H,2-3,15-18H2,1H3. The molecule has 0 radical (unpaired) electrons. The molecule has 3 aromatic carbocycles. The summed E-state index contributed by atoms with van der Waals surface area (Å²) < 4.78 is 7.29. The fourth-order valence-electron chi connectivity index (χ4n) is 3.82. The summed E-state index contributed by atoms with van der Waals surface area (Å²) in [6.07, 6.45) is 2.31. The third-order valence-electron chi connectivity index (χ3n) is 5.49. The molecule has 0 fully saturated rings. The molecule has 0 aliphatic heterocycles. The Kier molecular flexibility index (Phi) is 6.41. The van der Waals surface area contributed by atoms with Crippen molar-refractivity contribution in [1.82, 2.24) is 9.55 Å². The van der Waals surface area contributed by atoms with E-state index >= 15 is 0 Å². The molecule has 5 nitrogen and oxygen atoms in total. The second-order valence-electron chi connectivity index (χ2n) is 7.66. The number of hydrogen-bond donors (Lipinski definition) is 0. The number of benzene rings is 3. The average molecular weight is 415 g/mol. The number of fused-ring (bicyclic) bond motifs is 2. The number of hydrogen-bond acceptors (Lipinski definition) is 4. The number of carbonyl (C=O) groups excluding carboxylic acids is 1. The summed E-state index contributed by atoms with van der Waals surface area (Å²) in [5.41, 5.74) is 2.88. The number of esters is 1. The van der Waals surface area contributed by atoms with Crippen LogP contribution < -0.4 is 5.56 Å². The van der Waals surface area contributed by atoms with E-state index in [1.54, 1.807) is 4.57 Å². The van der Waals surface area contributed by atoms with Gasteiger partial charge in [0.15, 0.2) is 0 Å². The predicted octanol–water partition coefficient (Wildman–Crippen LogP) is 5.03. The quantitative estimate of drug-likeness (QED) is 0.380. The van der Waals surface area contributed by atoms with E-state index in [-0.39, 0.29) is 31.0 Å². The third kappa shape index (κ3) is 4.66. The molecule has 5 heteroatoms. The van der Waals surface area contributed by atoms with E-state index < -0.39 is 0 Å². The van der Waals surface area contributed by atoms with Crippen molar-refractivity contribution in [3.8, 4) is 0 Å². The van der Waals surface area contributed by atoms with Gasteiger partial charge in [-0.2, -0.15) is 0 Å². The molecule has 4 rings (SSSR count). The highest BCUT2D eigenvalue weighted by Gasteiger charge is 2.13. The molecule has 31 heavy (non-hydrogen) atoms. The van der Waals surface area contributed by atoms with Gasteiger partial charge in [0.05, 0.1) is 17.5 Å². The summed E-state index contributed by atoms with van der Waals surface area (Å²) >= 11 is 0. The van der Waals surface area contributed by atoms with Crippen LogP contribution in [0.2, 0.25) is 0 Å². The van der Waals surface area contributed by atoms with E-state index in [9.17, 15) is 9.59 Å². The number of para-hydroxylation sites is 2. The number of carbonyl (C=O) groups is 1. The zero-order valence-electron chi connectivity index (χ0n) is 17.7. The maximum absolute atomic E-state index is 13.0. The minimum Gasteiger partial charge on any atom is -0.461 e. The average Bonchev–Trinajstić information content (AvgIpc) is 2.81. The van der Waals surface area contributed by atoms with Crippen molar-refractivity contribution >= 4 is 27.8 Å². The van der Waals surface area contributed by atoms with Gasteiger partial charge in [-0.3, -0.25) is 9.59 Å². The first-order valence-corrected chi connectivity index (χ1v) is 10.8. The van der Waals surface area contributed by atoms with Crippen molar-refractivity contribution in [3.05, 3.63) is 88.3 Å². The van der Waals surface area contributed by atoms with Gasteiger partial charge in [-0.15, -0.1) is 0 Å². The Morgan fingerprint density at radius 2 is 1.77 bits per heavy atom. The maximum atomic E-state index is 13.0. The van der Waals surface area contributed by atoms with E-state index in [1.807, 2.05) is 66.7 Å². The van der Waals surface area contributed by atoms with Gasteiger partial charge in [0.1, 0.15) is 12.3 Å². The smallest absolute Gasteiger partial charge is 0.306 e. The summed E-state index contributed by atoms with van der Waals surface area (Å²) in [5.74, 6) is -0.331. The van der Waals surface area contributed by atoms with Crippen LogP contribution in [0.3, 0.4) is 0 Å². The first-order valence-electron chi connectivity index (χ1n) is 10.8. The number of rotatable bonds is 8. The van der Waals surface area contributed by atoms with Gasteiger partial charge in [-0.1, -0.05) is 67.9 Å². The molecule has 1 heterocycles. The zero-order valence-corrected chi connectivity index (χ0v) is 17.7. The molecule has 1 aromatic heterocycles. The minimum atomic E-state index is -0.331. The van der Waals surface area contributed by atoms with Crippen molar-refractivity contribution in [2.75, 3.05) is 0 Å². The molecule has 4 aromatic rings. The Balaban J connectivity index is 1.46. The normalized spacial score (nSPS) is 11.1. The Bertz CT molecular complexity index is 1270. The second-order valence-corrected chi connectivity index (χ2v) is 7.66. The molecule has 0 atom stereocenters. The van der Waals surface area contributed by atoms with Gasteiger partial charge in [0, 0.05) is 13.0 Å². The largest absolute Gasteiger partial charge is 0.461 e. The highest BCUT2D eigenvalue weighted by molar-refractivity contribution is 5.85. The highest BCUT2D eigenvalue weighted by Crippen LogP contribution is 2.19. The summed E-state index contributed by atoms with van der Waals surface area (Å²) in [6, 6.07) is 21.6. The number of ether oxygens (including phenoxy) is 1. The molecule has 0 saturated heterocycles. The van der Waals surface area contributed by atoms with Gasteiger partial charge in [-0.05, 0) is 34.9 Å². The Labute approximate surface area is 181 Å². The molecular weight excluding hydrogens is 388 g/mol. The van der Waals surface area contributed by atoms with Crippen molar-refractivity contribution in [2.45, 2.75) is 45.8 Å². The molecule has 0 spiro atoms. The first-order chi connectivity index (χ1) is 15.2. The summed E-state index contributed by atoms with van der Waals surface area (Å²) in [4.78, 5) is 29.9. The lowest BCUT2D eigenvalue weighted by Crippen LogP contribution is -2.26. The van der Waals surface area contributed by atoms with Gasteiger partial charge in [0.25, 0.3) is 5.56 Å². The van der Waals surface area contributed by atoms with Crippen LogP contribution in [0.5, 0.6) is 0 Å². The van der Waals surface area contributed by atoms with Crippen LogP contribution in [-0.4, -0.2) is 15.5 Å². The first kappa shape index (κ1) is 20.8. The highest BCUT2D eigenvalue weighted by atomic mass is 16.5. The van der Waals surface area contributed by atoms with Crippen molar-refractivity contribution in [3.63, 3.8) is 0 Å². The van der Waals surface area contributed by atoms with E-state index in [1.165, 1.54) is 0 Å². The number of nitrogens with zero attached hydrogens (tertiary/aromatic N) is 2. The summed E-state index contributed by atoms with van der Waals surface area (Å²) in [6.45, 7) is 2.96. The molecule has 0 unspecified atom stereocenters. The molecule has 0 saturated carbocycles. The van der Waals surface area contributed by atoms with Crippen LogP contribution in [-0.2, 0) is 29.1 Å². The molecule has 0 aliphatic rings.